The Hall–Kier alpha value is -0.570. The number of hydrogen-bond donors (Lipinski definition) is 0. The zero-order valence-electron chi connectivity index (χ0n) is 10.0. The Morgan fingerprint density at radius 2 is 2.07 bits per heavy atom. The molecule has 0 aromatic heterocycles. The first-order chi connectivity index (χ1) is 7.18. The summed E-state index contributed by atoms with van der Waals surface area (Å²) in [4.78, 5) is 11.7. The summed E-state index contributed by atoms with van der Waals surface area (Å²) >= 11 is 0. The summed E-state index contributed by atoms with van der Waals surface area (Å²) in [5.74, 6) is -0.00556. The third-order valence-electron chi connectivity index (χ3n) is 3.47. The van der Waals surface area contributed by atoms with Crippen LogP contribution in [0.2, 0.25) is 0 Å². The Morgan fingerprint density at radius 3 is 2.53 bits per heavy atom. The molecule has 0 aliphatic carbocycles. The van der Waals surface area contributed by atoms with Crippen molar-refractivity contribution in [1.29, 1.82) is 0 Å². The van der Waals surface area contributed by atoms with Gasteiger partial charge in [0, 0.05) is 19.4 Å². The predicted molar refractivity (Wildman–Crippen MR) is 58.6 cm³/mol. The van der Waals surface area contributed by atoms with Gasteiger partial charge in [0.2, 0.25) is 0 Å². The molecule has 0 N–H and O–H groups in total. The van der Waals surface area contributed by atoms with E-state index in [0.29, 0.717) is 6.61 Å². The minimum atomic E-state index is -0.211. The summed E-state index contributed by atoms with van der Waals surface area (Å²) in [6, 6.07) is 0. The zero-order chi connectivity index (χ0) is 11.3. The lowest BCUT2D eigenvalue weighted by molar-refractivity contribution is -0.149. The standard InChI is InChI=1S/C12H22O3/c1-4-12(5-2)9-10(15-11(12)13)7-8-14-6-3/h10H,4-9H2,1-3H3. The molecule has 15 heavy (non-hydrogen) atoms. The lowest BCUT2D eigenvalue weighted by Crippen LogP contribution is -2.24. The quantitative estimate of drug-likeness (QED) is 0.503. The average Bonchev–Trinajstić information content (AvgIpc) is 2.56. The number of hydrogen-bond acceptors (Lipinski definition) is 3. The molecule has 1 fully saturated rings. The van der Waals surface area contributed by atoms with E-state index in [4.69, 9.17) is 9.47 Å². The first kappa shape index (κ1) is 12.5. The van der Waals surface area contributed by atoms with E-state index in [0.717, 1.165) is 32.3 Å². The second kappa shape index (κ2) is 5.50. The van der Waals surface area contributed by atoms with Gasteiger partial charge in [0.1, 0.15) is 6.10 Å². The van der Waals surface area contributed by atoms with Crippen LogP contribution in [0.25, 0.3) is 0 Å². The molecule has 1 rings (SSSR count). The van der Waals surface area contributed by atoms with E-state index in [1.54, 1.807) is 0 Å². The van der Waals surface area contributed by atoms with Crippen molar-refractivity contribution in [3.8, 4) is 0 Å². The molecule has 1 saturated heterocycles. The molecule has 0 saturated carbocycles. The molecule has 0 radical (unpaired) electrons. The highest BCUT2D eigenvalue weighted by Gasteiger charge is 2.45. The molecule has 1 aliphatic heterocycles. The first-order valence-corrected chi connectivity index (χ1v) is 5.97. The summed E-state index contributed by atoms with van der Waals surface area (Å²) in [6.45, 7) is 7.53. The van der Waals surface area contributed by atoms with Crippen LogP contribution < -0.4 is 0 Å². The fourth-order valence-corrected chi connectivity index (χ4v) is 2.18. The fraction of sp³-hybridized carbons (Fsp3) is 0.917. The van der Waals surface area contributed by atoms with Gasteiger partial charge < -0.3 is 9.47 Å². The molecule has 3 nitrogen and oxygen atoms in total. The van der Waals surface area contributed by atoms with Crippen molar-refractivity contribution in [2.75, 3.05) is 13.2 Å². The second-order valence-electron chi connectivity index (χ2n) is 4.20. The van der Waals surface area contributed by atoms with Crippen LogP contribution in [-0.2, 0) is 14.3 Å². The molecule has 3 heteroatoms. The third-order valence-corrected chi connectivity index (χ3v) is 3.47. The van der Waals surface area contributed by atoms with Crippen molar-refractivity contribution in [3.63, 3.8) is 0 Å². The summed E-state index contributed by atoms with van der Waals surface area (Å²) in [5, 5.41) is 0. The van der Waals surface area contributed by atoms with Crippen molar-refractivity contribution in [3.05, 3.63) is 0 Å². The van der Waals surface area contributed by atoms with Gasteiger partial charge in [-0.25, -0.2) is 0 Å². The monoisotopic (exact) mass is 214 g/mol. The van der Waals surface area contributed by atoms with Gasteiger partial charge in [0.05, 0.1) is 12.0 Å². The maximum Gasteiger partial charge on any atom is 0.312 e. The maximum absolute atomic E-state index is 11.7. The van der Waals surface area contributed by atoms with Crippen LogP contribution in [-0.4, -0.2) is 25.3 Å². The molecule has 0 aromatic rings. The summed E-state index contributed by atoms with van der Waals surface area (Å²) < 4.78 is 10.7. The fourth-order valence-electron chi connectivity index (χ4n) is 2.18. The predicted octanol–water partition coefficient (Wildman–Crippen LogP) is 2.53. The average molecular weight is 214 g/mol. The lowest BCUT2D eigenvalue weighted by atomic mass is 9.79. The van der Waals surface area contributed by atoms with E-state index in [2.05, 4.69) is 13.8 Å². The van der Waals surface area contributed by atoms with E-state index < -0.39 is 0 Å². The zero-order valence-corrected chi connectivity index (χ0v) is 10.0. The highest BCUT2D eigenvalue weighted by atomic mass is 16.6. The molecule has 0 bridgehead atoms. The first-order valence-electron chi connectivity index (χ1n) is 5.97. The minimum Gasteiger partial charge on any atom is -0.462 e. The van der Waals surface area contributed by atoms with Crippen molar-refractivity contribution in [2.24, 2.45) is 5.41 Å². The third kappa shape index (κ3) is 2.71. The van der Waals surface area contributed by atoms with Crippen LogP contribution in [0.15, 0.2) is 0 Å². The molecule has 1 heterocycles. The van der Waals surface area contributed by atoms with Crippen LogP contribution in [0.4, 0.5) is 0 Å². The number of carbonyl (C=O) groups excluding carboxylic acids is 1. The molecule has 0 aromatic carbocycles. The topological polar surface area (TPSA) is 35.5 Å². The molecule has 1 unspecified atom stereocenters. The number of esters is 1. The SMILES string of the molecule is CCOCCC1CC(CC)(CC)C(=O)O1. The molecule has 88 valence electrons. The van der Waals surface area contributed by atoms with Gasteiger partial charge in [-0.2, -0.15) is 0 Å². The van der Waals surface area contributed by atoms with Gasteiger partial charge in [-0.1, -0.05) is 13.8 Å². The van der Waals surface area contributed by atoms with Crippen LogP contribution >= 0.6 is 0 Å². The van der Waals surface area contributed by atoms with E-state index in [1.807, 2.05) is 6.92 Å². The van der Waals surface area contributed by atoms with Gasteiger partial charge in [0.15, 0.2) is 0 Å². The number of carbonyl (C=O) groups is 1. The summed E-state index contributed by atoms with van der Waals surface area (Å²) in [6.07, 6.45) is 3.54. The number of ether oxygens (including phenoxy) is 2. The summed E-state index contributed by atoms with van der Waals surface area (Å²) in [7, 11) is 0. The smallest absolute Gasteiger partial charge is 0.312 e. The summed E-state index contributed by atoms with van der Waals surface area (Å²) in [5.41, 5.74) is -0.211. The highest BCUT2D eigenvalue weighted by Crippen LogP contribution is 2.40. The van der Waals surface area contributed by atoms with Crippen molar-refractivity contribution < 1.29 is 14.3 Å². The van der Waals surface area contributed by atoms with E-state index in [1.165, 1.54) is 0 Å². The van der Waals surface area contributed by atoms with Gasteiger partial charge in [0.25, 0.3) is 0 Å². The Labute approximate surface area is 92.1 Å². The maximum atomic E-state index is 11.7. The van der Waals surface area contributed by atoms with Gasteiger partial charge >= 0.3 is 5.97 Å². The van der Waals surface area contributed by atoms with Crippen molar-refractivity contribution >= 4 is 5.97 Å². The Kier molecular flexibility index (Phi) is 4.58. The molecular formula is C12H22O3. The normalized spacial score (nSPS) is 24.2. The van der Waals surface area contributed by atoms with Crippen LogP contribution in [0.3, 0.4) is 0 Å². The largest absolute Gasteiger partial charge is 0.462 e. The van der Waals surface area contributed by atoms with E-state index >= 15 is 0 Å². The Bertz CT molecular complexity index is 209. The second-order valence-corrected chi connectivity index (χ2v) is 4.20. The van der Waals surface area contributed by atoms with Crippen LogP contribution in [0, 0.1) is 5.41 Å². The molecule has 1 atom stereocenters. The van der Waals surface area contributed by atoms with Crippen LogP contribution in [0.1, 0.15) is 46.5 Å². The van der Waals surface area contributed by atoms with Gasteiger partial charge in [-0.05, 0) is 19.8 Å². The van der Waals surface area contributed by atoms with Crippen LogP contribution in [0.5, 0.6) is 0 Å². The Balaban J connectivity index is 2.44. The van der Waals surface area contributed by atoms with Crippen molar-refractivity contribution in [2.45, 2.75) is 52.6 Å². The van der Waals surface area contributed by atoms with Gasteiger partial charge in [-0.3, -0.25) is 4.79 Å². The lowest BCUT2D eigenvalue weighted by Gasteiger charge is -2.20. The van der Waals surface area contributed by atoms with Crippen molar-refractivity contribution in [1.82, 2.24) is 0 Å². The molecule has 1 aliphatic rings. The van der Waals surface area contributed by atoms with Gasteiger partial charge in [-0.15, -0.1) is 0 Å². The molecule has 0 spiro atoms. The van der Waals surface area contributed by atoms with E-state index in [9.17, 15) is 4.79 Å². The molecular weight excluding hydrogens is 192 g/mol. The van der Waals surface area contributed by atoms with E-state index in [-0.39, 0.29) is 17.5 Å². The number of cyclic esters (lactones) is 1. The minimum absolute atomic E-state index is 0.00556. The highest BCUT2D eigenvalue weighted by molar-refractivity contribution is 5.78. The Morgan fingerprint density at radius 1 is 1.40 bits per heavy atom. The molecule has 0 amide bonds. The number of rotatable bonds is 6.